The maximum absolute atomic E-state index is 16.2. The number of esters is 2. The van der Waals surface area contributed by atoms with Crippen molar-refractivity contribution >= 4 is 11.9 Å². The summed E-state index contributed by atoms with van der Waals surface area (Å²) in [4.78, 5) is 30.5. The van der Waals surface area contributed by atoms with E-state index in [-0.39, 0.29) is 43.1 Å². The zero-order valence-electron chi connectivity index (χ0n) is 66.3. The summed E-state index contributed by atoms with van der Waals surface area (Å²) in [6, 6.07) is 0. The Balaban J connectivity index is 0.779. The second-order valence-electron chi connectivity index (χ2n) is 36.4. The van der Waals surface area contributed by atoms with Crippen LogP contribution in [0.2, 0.25) is 0 Å². The first-order chi connectivity index (χ1) is 53.9. The minimum atomic E-state index is -2.24. The van der Waals surface area contributed by atoms with Crippen LogP contribution in [0.25, 0.3) is 0 Å². The van der Waals surface area contributed by atoms with Crippen molar-refractivity contribution in [2.45, 2.75) is 341 Å². The van der Waals surface area contributed by atoms with Crippen molar-refractivity contribution < 1.29 is 183 Å². The molecule has 7 saturated heterocycles. The van der Waals surface area contributed by atoms with Gasteiger partial charge in [-0.25, -0.2) is 4.79 Å². The SMILES string of the molecule is C=CC(C)(O)CCC=C(C)C(=O)OC1C(O)C(CO)OC(OC(=O)C23CCC(C)(C)CC2C2=CCC4C5(C)CCC(OC6OC(COC7OCC(O)C(O)C7OC7OCC(O)C(O)C7O)C(O)C(O)C6O)C(C)(C)C5CCC4(C)C2(C)CC3O)C1OC1OC(CO)C(OC2OCC(O)C(OC3OCC(O)C(O)C3O)C2O)C(O)C1O. The van der Waals surface area contributed by atoms with E-state index in [1.165, 1.54) is 26.0 Å². The van der Waals surface area contributed by atoms with Crippen molar-refractivity contribution in [3.63, 3.8) is 0 Å². The molecule has 7 aliphatic heterocycles. The summed E-state index contributed by atoms with van der Waals surface area (Å²) >= 11 is 0. The molecule has 37 nitrogen and oxygen atoms in total. The van der Waals surface area contributed by atoms with Gasteiger partial charge in [-0.05, 0) is 129 Å². The van der Waals surface area contributed by atoms with Gasteiger partial charge >= 0.3 is 11.9 Å². The maximum atomic E-state index is 16.2. The van der Waals surface area contributed by atoms with Gasteiger partial charge in [0.15, 0.2) is 49.9 Å². The normalized spacial score (nSPS) is 50.5. The van der Waals surface area contributed by atoms with E-state index in [9.17, 15) is 107 Å². The van der Waals surface area contributed by atoms with Gasteiger partial charge in [0, 0.05) is 5.57 Å². The smallest absolute Gasteiger partial charge is 0.333 e. The Morgan fingerprint density at radius 1 is 0.522 bits per heavy atom. The topological polar surface area (TPSA) is 577 Å². The second-order valence-corrected chi connectivity index (χ2v) is 36.4. The minimum absolute atomic E-state index is 0.0387. The monoisotopic (exact) mass is 1650 g/mol. The van der Waals surface area contributed by atoms with Crippen LogP contribution in [0.1, 0.15) is 133 Å². The van der Waals surface area contributed by atoms with Crippen molar-refractivity contribution in [2.24, 2.45) is 50.2 Å². The number of ether oxygens (including phenoxy) is 15. The predicted octanol–water partition coefficient (Wildman–Crippen LogP) is -4.82. The molecule has 11 fully saturated rings. The lowest BCUT2D eigenvalue weighted by molar-refractivity contribution is -0.382. The first-order valence-corrected chi connectivity index (χ1v) is 40.2. The fourth-order valence-electron chi connectivity index (χ4n) is 20.9. The molecular weight excluding hydrogens is 1530 g/mol. The van der Waals surface area contributed by atoms with Crippen LogP contribution in [0.5, 0.6) is 0 Å². The van der Waals surface area contributed by atoms with E-state index in [0.717, 1.165) is 5.57 Å². The minimum Gasteiger partial charge on any atom is -0.453 e. The second kappa shape index (κ2) is 35.2. The molecule has 5 aliphatic carbocycles. The fourth-order valence-corrected chi connectivity index (χ4v) is 20.9. The molecule has 0 bridgehead atoms. The predicted molar refractivity (Wildman–Crippen MR) is 386 cm³/mol. The Bertz CT molecular complexity index is 3380. The molecule has 12 rings (SSSR count). The Hall–Kier alpha value is -3.16. The zero-order chi connectivity index (χ0) is 84.0. The van der Waals surface area contributed by atoms with E-state index in [4.69, 9.17) is 71.1 Å². The number of hydrogen-bond acceptors (Lipinski definition) is 37. The molecule has 7 heterocycles. The first-order valence-electron chi connectivity index (χ1n) is 40.2. The standard InChI is InChI=1S/C78H124O37/c1-11-74(7,100)18-12-13-32(2)63(98)110-60-50(90)39(25-79)106-70(62(60)114-68-56(96)52(92)59(40(26-80)107-68)112-66-57(97)58(38(84)30-103-66)111-64-53(93)46(86)35(81)27-101-64)115-71(99)78-22-21-72(3,4)23-34(78)33-14-15-43-75(8)19-17-45(73(5,6)42(75)16-20-76(43,9)77(33,10)24-44(78)85)109-67-55(95)51(91)49(89)41(108-67)31-105-69-61(48(88)37(83)29-104-69)113-65-54(94)47(87)36(82)28-102-65/h11,13-14,34-62,64-70,79-97,100H,1,12,15-31H2,2-10H3. The van der Waals surface area contributed by atoms with E-state index >= 15 is 4.79 Å². The highest BCUT2D eigenvalue weighted by atomic mass is 16.8. The Morgan fingerprint density at radius 3 is 1.69 bits per heavy atom. The van der Waals surface area contributed by atoms with Crippen molar-refractivity contribution in [3.8, 4) is 0 Å². The van der Waals surface area contributed by atoms with Gasteiger partial charge in [0.05, 0.1) is 64.1 Å². The van der Waals surface area contributed by atoms with Crippen molar-refractivity contribution in [2.75, 3.05) is 46.2 Å². The van der Waals surface area contributed by atoms with Crippen molar-refractivity contribution in [1.29, 1.82) is 0 Å². The highest BCUT2D eigenvalue weighted by Crippen LogP contribution is 2.76. The summed E-state index contributed by atoms with van der Waals surface area (Å²) in [5, 5.41) is 222. The number of allylic oxidation sites excluding steroid dienone is 3. The molecule has 115 heavy (non-hydrogen) atoms. The average molecular weight is 1650 g/mol. The number of aliphatic hydroxyl groups is 20. The Morgan fingerprint density at radius 2 is 1.06 bits per heavy atom. The third kappa shape index (κ3) is 17.1. The molecule has 12 aliphatic rings. The van der Waals surface area contributed by atoms with Gasteiger partial charge in [-0.2, -0.15) is 0 Å². The van der Waals surface area contributed by atoms with Crippen LogP contribution < -0.4 is 0 Å². The highest BCUT2D eigenvalue weighted by molar-refractivity contribution is 5.88. The van der Waals surface area contributed by atoms with Crippen LogP contribution in [0.15, 0.2) is 36.0 Å². The lowest BCUT2D eigenvalue weighted by Gasteiger charge is -2.71. The summed E-state index contributed by atoms with van der Waals surface area (Å²) in [7, 11) is 0. The molecule has 658 valence electrons. The quantitative estimate of drug-likeness (QED) is 0.0197. The molecule has 20 N–H and O–H groups in total. The average Bonchev–Trinajstić information content (AvgIpc) is 0.668. The summed E-state index contributed by atoms with van der Waals surface area (Å²) in [5.41, 5.74) is -4.99. The largest absolute Gasteiger partial charge is 0.453 e. The van der Waals surface area contributed by atoms with Gasteiger partial charge in [-0.3, -0.25) is 4.79 Å². The summed E-state index contributed by atoms with van der Waals surface area (Å²) in [5.74, 6) is -2.85. The van der Waals surface area contributed by atoms with Crippen LogP contribution >= 0.6 is 0 Å². The molecular formula is C78H124O37. The molecule has 0 aromatic carbocycles. The van der Waals surface area contributed by atoms with Crippen molar-refractivity contribution in [1.82, 2.24) is 0 Å². The summed E-state index contributed by atoms with van der Waals surface area (Å²) in [6.45, 7) is 17.1. The molecule has 4 saturated carbocycles. The highest BCUT2D eigenvalue weighted by Gasteiger charge is 2.73. The van der Waals surface area contributed by atoms with Crippen molar-refractivity contribution in [3.05, 3.63) is 36.0 Å². The summed E-state index contributed by atoms with van der Waals surface area (Å²) in [6.07, 6.45) is -47.7. The third-order valence-electron chi connectivity index (χ3n) is 28.3. The van der Waals surface area contributed by atoms with Gasteiger partial charge < -0.3 is 173 Å². The lowest BCUT2D eigenvalue weighted by atomic mass is 9.33. The number of rotatable bonds is 23. The van der Waals surface area contributed by atoms with E-state index in [0.29, 0.717) is 44.9 Å². The van der Waals surface area contributed by atoms with Crippen LogP contribution in [0.3, 0.4) is 0 Å². The van der Waals surface area contributed by atoms with Crippen LogP contribution in [-0.2, 0) is 80.6 Å². The van der Waals surface area contributed by atoms with Crippen LogP contribution in [0.4, 0.5) is 0 Å². The molecule has 41 unspecified atom stereocenters. The molecule has 0 amide bonds. The molecule has 0 radical (unpaired) electrons. The number of carbonyl (C=O) groups is 2. The lowest BCUT2D eigenvalue weighted by Crippen LogP contribution is -2.69. The van der Waals surface area contributed by atoms with Crippen LogP contribution in [0, 0.1) is 50.2 Å². The van der Waals surface area contributed by atoms with Gasteiger partial charge in [0.2, 0.25) is 6.29 Å². The molecule has 0 aromatic rings. The van der Waals surface area contributed by atoms with E-state index in [1.54, 1.807) is 0 Å². The van der Waals surface area contributed by atoms with Gasteiger partial charge in [-0.1, -0.05) is 72.3 Å². The maximum Gasteiger partial charge on any atom is 0.333 e. The van der Waals surface area contributed by atoms with E-state index in [1.807, 2.05) is 0 Å². The molecule has 41 atom stereocenters. The van der Waals surface area contributed by atoms with E-state index < -0.39 is 305 Å². The van der Waals surface area contributed by atoms with Crippen LogP contribution in [-0.4, -0.2) is 369 Å². The van der Waals surface area contributed by atoms with Gasteiger partial charge in [0.25, 0.3) is 0 Å². The van der Waals surface area contributed by atoms with Gasteiger partial charge in [0.1, 0.15) is 140 Å². The number of hydrogen-bond donors (Lipinski definition) is 20. The Kier molecular flexibility index (Phi) is 27.9. The number of carbonyl (C=O) groups excluding carboxylic acids is 2. The molecule has 37 heteroatoms. The fraction of sp³-hybridized carbons (Fsp3) is 0.897. The van der Waals surface area contributed by atoms with E-state index in [2.05, 4.69) is 61.1 Å². The number of aliphatic hydroxyl groups excluding tert-OH is 19. The zero-order valence-corrected chi connectivity index (χ0v) is 66.3. The molecule has 0 aromatic heterocycles. The molecule has 0 spiro atoms. The third-order valence-corrected chi connectivity index (χ3v) is 28.3. The number of fused-ring (bicyclic) bond motifs is 7. The first kappa shape index (κ1) is 91.1. The summed E-state index contributed by atoms with van der Waals surface area (Å²) < 4.78 is 89.7. The Labute approximate surface area is 666 Å². The van der Waals surface area contributed by atoms with Gasteiger partial charge in [-0.15, -0.1) is 6.58 Å².